The highest BCUT2D eigenvalue weighted by molar-refractivity contribution is 5.68. The minimum Gasteiger partial charge on any atom is -0.444 e. The molecule has 1 aliphatic carbocycles. The van der Waals surface area contributed by atoms with E-state index in [1.807, 2.05) is 20.8 Å². The van der Waals surface area contributed by atoms with Gasteiger partial charge in [0.05, 0.1) is 12.1 Å². The molecule has 5 nitrogen and oxygen atoms in total. The number of nitrogens with two attached hydrogens (primary N) is 1. The molecular formula is C13H26N2O3. The fraction of sp³-hybridized carbons (Fsp3) is 0.923. The third-order valence-corrected chi connectivity index (χ3v) is 3.33. The molecular weight excluding hydrogens is 232 g/mol. The van der Waals surface area contributed by atoms with E-state index in [1.165, 1.54) is 0 Å². The van der Waals surface area contributed by atoms with Crippen LogP contribution in [0, 0.1) is 0 Å². The molecule has 0 saturated heterocycles. The first-order valence-corrected chi connectivity index (χ1v) is 6.49. The number of likely N-dealkylation sites (N-methyl/N-ethyl adjacent to an activating group) is 1. The predicted octanol–water partition coefficient (Wildman–Crippen LogP) is 1.75. The molecule has 3 atom stereocenters. The van der Waals surface area contributed by atoms with Gasteiger partial charge in [-0.15, -0.1) is 0 Å². The van der Waals surface area contributed by atoms with Crippen LogP contribution in [0.2, 0.25) is 0 Å². The van der Waals surface area contributed by atoms with Crippen molar-refractivity contribution in [1.29, 1.82) is 0 Å². The number of carbonyl (C=O) groups is 1. The van der Waals surface area contributed by atoms with Crippen molar-refractivity contribution >= 4 is 6.09 Å². The van der Waals surface area contributed by atoms with E-state index < -0.39 is 5.60 Å². The largest absolute Gasteiger partial charge is 0.444 e. The lowest BCUT2D eigenvalue weighted by Gasteiger charge is -2.39. The van der Waals surface area contributed by atoms with Crippen LogP contribution in [0.1, 0.15) is 40.0 Å². The van der Waals surface area contributed by atoms with Crippen molar-refractivity contribution in [1.82, 2.24) is 4.90 Å². The summed E-state index contributed by atoms with van der Waals surface area (Å²) in [4.78, 5) is 13.6. The van der Waals surface area contributed by atoms with Crippen LogP contribution in [0.5, 0.6) is 0 Å². The van der Waals surface area contributed by atoms with Crippen molar-refractivity contribution in [3.05, 3.63) is 0 Å². The number of carbonyl (C=O) groups excluding carboxylic acids is 1. The summed E-state index contributed by atoms with van der Waals surface area (Å²) in [6, 6.07) is -0.0209. The Morgan fingerprint density at radius 1 is 1.33 bits per heavy atom. The van der Waals surface area contributed by atoms with Crippen LogP contribution in [-0.4, -0.2) is 48.9 Å². The van der Waals surface area contributed by atoms with Crippen LogP contribution >= 0.6 is 0 Å². The number of ether oxygens (including phenoxy) is 2. The molecule has 0 aromatic rings. The van der Waals surface area contributed by atoms with Crippen molar-refractivity contribution in [2.45, 2.75) is 63.8 Å². The SMILES string of the molecule is CO[C@@H]1CC[C@H](N)[C@@H](N(C)C(=O)OC(C)(C)C)C1. The van der Waals surface area contributed by atoms with Gasteiger partial charge in [-0.1, -0.05) is 0 Å². The van der Waals surface area contributed by atoms with Crippen LogP contribution in [0.4, 0.5) is 4.79 Å². The highest BCUT2D eigenvalue weighted by Crippen LogP contribution is 2.24. The number of hydrogen-bond acceptors (Lipinski definition) is 4. The van der Waals surface area contributed by atoms with Crippen LogP contribution in [0.25, 0.3) is 0 Å². The molecule has 0 aromatic carbocycles. The Labute approximate surface area is 110 Å². The van der Waals surface area contributed by atoms with Gasteiger partial charge in [0.15, 0.2) is 0 Å². The van der Waals surface area contributed by atoms with Crippen molar-refractivity contribution in [2.24, 2.45) is 5.73 Å². The topological polar surface area (TPSA) is 64.8 Å². The van der Waals surface area contributed by atoms with Gasteiger partial charge >= 0.3 is 6.09 Å². The average molecular weight is 258 g/mol. The molecule has 2 N–H and O–H groups in total. The molecule has 0 heterocycles. The van der Waals surface area contributed by atoms with Crippen molar-refractivity contribution in [3.8, 4) is 0 Å². The molecule has 1 amide bonds. The smallest absolute Gasteiger partial charge is 0.410 e. The minimum atomic E-state index is -0.481. The fourth-order valence-corrected chi connectivity index (χ4v) is 2.26. The molecule has 0 bridgehead atoms. The zero-order valence-corrected chi connectivity index (χ0v) is 12.1. The Morgan fingerprint density at radius 2 is 1.94 bits per heavy atom. The van der Waals surface area contributed by atoms with Crippen LogP contribution < -0.4 is 5.73 Å². The molecule has 1 fully saturated rings. The maximum absolute atomic E-state index is 12.0. The van der Waals surface area contributed by atoms with Crippen LogP contribution in [-0.2, 0) is 9.47 Å². The Kier molecular flexibility index (Phi) is 4.99. The van der Waals surface area contributed by atoms with Gasteiger partial charge in [-0.3, -0.25) is 0 Å². The summed E-state index contributed by atoms with van der Waals surface area (Å²) in [6.45, 7) is 5.58. The molecule has 1 rings (SSSR count). The van der Waals surface area contributed by atoms with Crippen molar-refractivity contribution in [3.63, 3.8) is 0 Å². The van der Waals surface area contributed by atoms with Crippen LogP contribution in [0.3, 0.4) is 0 Å². The summed E-state index contributed by atoms with van der Waals surface area (Å²) < 4.78 is 10.7. The second-order valence-corrected chi connectivity index (χ2v) is 5.99. The maximum atomic E-state index is 12.0. The Bertz CT molecular complexity index is 288. The number of rotatable bonds is 2. The van der Waals surface area contributed by atoms with Crippen molar-refractivity contribution in [2.75, 3.05) is 14.2 Å². The zero-order valence-electron chi connectivity index (χ0n) is 12.1. The van der Waals surface area contributed by atoms with E-state index in [0.29, 0.717) is 0 Å². The molecule has 1 aliphatic rings. The summed E-state index contributed by atoms with van der Waals surface area (Å²) in [7, 11) is 3.45. The van der Waals surface area contributed by atoms with Gasteiger partial charge in [0.1, 0.15) is 5.60 Å². The molecule has 0 radical (unpaired) electrons. The molecule has 1 saturated carbocycles. The molecule has 18 heavy (non-hydrogen) atoms. The lowest BCUT2D eigenvalue weighted by Crippen LogP contribution is -2.53. The van der Waals surface area contributed by atoms with E-state index >= 15 is 0 Å². The highest BCUT2D eigenvalue weighted by Gasteiger charge is 2.34. The first-order valence-electron chi connectivity index (χ1n) is 6.49. The highest BCUT2D eigenvalue weighted by atomic mass is 16.6. The van der Waals surface area contributed by atoms with Gasteiger partial charge in [-0.2, -0.15) is 0 Å². The predicted molar refractivity (Wildman–Crippen MR) is 70.4 cm³/mol. The standard InChI is InChI=1S/C13H26N2O3/c1-13(2,3)18-12(16)15(4)11-8-9(17-5)6-7-10(11)14/h9-11H,6-8,14H2,1-5H3/t9-,10+,11+/m1/s1. The molecule has 5 heteroatoms. The molecule has 106 valence electrons. The second-order valence-electron chi connectivity index (χ2n) is 5.99. The second kappa shape index (κ2) is 5.89. The summed E-state index contributed by atoms with van der Waals surface area (Å²) in [5.41, 5.74) is 5.61. The molecule has 0 aliphatic heterocycles. The number of amides is 1. The van der Waals surface area contributed by atoms with E-state index in [-0.39, 0.29) is 24.3 Å². The van der Waals surface area contributed by atoms with Gasteiger partial charge in [0.2, 0.25) is 0 Å². The number of nitrogens with zero attached hydrogens (tertiary/aromatic N) is 1. The van der Waals surface area contributed by atoms with E-state index in [0.717, 1.165) is 19.3 Å². The third-order valence-electron chi connectivity index (χ3n) is 3.33. The first-order chi connectivity index (χ1) is 8.24. The maximum Gasteiger partial charge on any atom is 0.410 e. The Morgan fingerprint density at radius 3 is 2.44 bits per heavy atom. The first kappa shape index (κ1) is 15.2. The summed E-state index contributed by atoms with van der Waals surface area (Å²) in [5.74, 6) is 0. The van der Waals surface area contributed by atoms with Crippen LogP contribution in [0.15, 0.2) is 0 Å². The quantitative estimate of drug-likeness (QED) is 0.819. The lowest BCUT2D eigenvalue weighted by molar-refractivity contribution is -0.00307. The van der Waals surface area contributed by atoms with Crippen molar-refractivity contribution < 1.29 is 14.3 Å². The minimum absolute atomic E-state index is 0.00563. The summed E-state index contributed by atoms with van der Waals surface area (Å²) in [5, 5.41) is 0. The van der Waals surface area contributed by atoms with Gasteiger partial charge in [0.25, 0.3) is 0 Å². The monoisotopic (exact) mass is 258 g/mol. The van der Waals surface area contributed by atoms with Gasteiger partial charge < -0.3 is 20.1 Å². The zero-order chi connectivity index (χ0) is 13.9. The Balaban J connectivity index is 2.63. The number of hydrogen-bond donors (Lipinski definition) is 1. The third kappa shape index (κ3) is 4.14. The molecule has 0 spiro atoms. The van der Waals surface area contributed by atoms with Gasteiger partial charge in [-0.25, -0.2) is 4.79 Å². The number of methoxy groups -OCH3 is 1. The fourth-order valence-electron chi connectivity index (χ4n) is 2.26. The van der Waals surface area contributed by atoms with Gasteiger partial charge in [0, 0.05) is 20.2 Å². The summed E-state index contributed by atoms with van der Waals surface area (Å²) >= 11 is 0. The normalized spacial score (nSPS) is 28.9. The van der Waals surface area contributed by atoms with E-state index in [1.54, 1.807) is 19.1 Å². The van der Waals surface area contributed by atoms with E-state index in [9.17, 15) is 4.79 Å². The summed E-state index contributed by atoms with van der Waals surface area (Å²) in [6.07, 6.45) is 2.46. The van der Waals surface area contributed by atoms with Gasteiger partial charge in [-0.05, 0) is 40.0 Å². The molecule has 0 aromatic heterocycles. The lowest BCUT2D eigenvalue weighted by atomic mass is 9.88. The van der Waals surface area contributed by atoms with E-state index in [2.05, 4.69) is 0 Å². The average Bonchev–Trinajstić information content (AvgIpc) is 2.26. The Hall–Kier alpha value is -0.810. The molecule has 0 unspecified atom stereocenters. The van der Waals surface area contributed by atoms with E-state index in [4.69, 9.17) is 15.2 Å².